The molecule has 2 saturated heterocycles. The predicted octanol–water partition coefficient (Wildman–Crippen LogP) is 3.04. The van der Waals surface area contributed by atoms with Crippen LogP contribution in [0.4, 0.5) is 0 Å². The number of rotatable bonds is 2. The highest BCUT2D eigenvalue weighted by atomic mass is 32.3. The summed E-state index contributed by atoms with van der Waals surface area (Å²) in [6.07, 6.45) is 12.8. The van der Waals surface area contributed by atoms with Crippen molar-refractivity contribution in [1.29, 1.82) is 0 Å². The van der Waals surface area contributed by atoms with Crippen molar-refractivity contribution in [3.8, 4) is 0 Å². The summed E-state index contributed by atoms with van der Waals surface area (Å²) in [5, 5.41) is 0. The van der Waals surface area contributed by atoms with Gasteiger partial charge < -0.3 is 0 Å². The lowest BCUT2D eigenvalue weighted by Crippen LogP contribution is -2.17. The van der Waals surface area contributed by atoms with E-state index in [1.54, 1.807) is 0 Å². The summed E-state index contributed by atoms with van der Waals surface area (Å²) in [6.45, 7) is 2.44. The van der Waals surface area contributed by atoms with Crippen LogP contribution in [0.1, 0.15) is 48.9 Å². The quantitative estimate of drug-likeness (QED) is 0.711. The lowest BCUT2D eigenvalue weighted by Gasteiger charge is -2.18. The van der Waals surface area contributed by atoms with E-state index < -0.39 is 10.4 Å². The van der Waals surface area contributed by atoms with Crippen molar-refractivity contribution in [1.82, 2.24) is 19.8 Å². The van der Waals surface area contributed by atoms with Gasteiger partial charge in [0, 0.05) is 36.9 Å². The molecule has 9 heteroatoms. The first-order valence-electron chi connectivity index (χ1n) is 9.66. The molecule has 0 saturated carbocycles. The average molecular weight is 423 g/mol. The molecule has 0 bridgehead atoms. The molecular weight excluding hydrogens is 392 g/mol. The van der Waals surface area contributed by atoms with Gasteiger partial charge in [0.05, 0.1) is 0 Å². The Labute approximate surface area is 173 Å². The maximum Gasteiger partial charge on any atom is 0.394 e. The van der Waals surface area contributed by atoms with Gasteiger partial charge in [-0.15, -0.1) is 0 Å². The smallest absolute Gasteiger partial charge is 0.299 e. The molecule has 2 fully saturated rings. The van der Waals surface area contributed by atoms with E-state index in [1.807, 2.05) is 36.9 Å². The van der Waals surface area contributed by atoms with Crippen LogP contribution in [0.15, 0.2) is 49.1 Å². The first-order chi connectivity index (χ1) is 13.8. The van der Waals surface area contributed by atoms with E-state index in [1.165, 1.54) is 49.9 Å². The van der Waals surface area contributed by atoms with Crippen molar-refractivity contribution in [2.75, 3.05) is 27.2 Å². The highest BCUT2D eigenvalue weighted by molar-refractivity contribution is 7.79. The molecule has 0 spiro atoms. The highest BCUT2D eigenvalue weighted by Gasteiger charge is 2.22. The second kappa shape index (κ2) is 11.3. The van der Waals surface area contributed by atoms with Gasteiger partial charge in [-0.3, -0.25) is 28.9 Å². The molecule has 0 aliphatic carbocycles. The van der Waals surface area contributed by atoms with Gasteiger partial charge in [-0.2, -0.15) is 8.42 Å². The molecule has 2 aromatic rings. The molecule has 0 radical (unpaired) electrons. The van der Waals surface area contributed by atoms with Crippen LogP contribution in [-0.2, 0) is 10.4 Å². The van der Waals surface area contributed by atoms with Crippen LogP contribution in [0, 0.1) is 0 Å². The lowest BCUT2D eigenvalue weighted by molar-refractivity contribution is 0.317. The van der Waals surface area contributed by atoms with E-state index in [0.29, 0.717) is 12.1 Å². The van der Waals surface area contributed by atoms with Gasteiger partial charge in [-0.25, -0.2) is 0 Å². The van der Waals surface area contributed by atoms with Gasteiger partial charge in [-0.05, 0) is 76.1 Å². The molecule has 2 aromatic heterocycles. The summed E-state index contributed by atoms with van der Waals surface area (Å²) in [5.74, 6) is 0. The summed E-state index contributed by atoms with van der Waals surface area (Å²) >= 11 is 0. The number of hydrogen-bond donors (Lipinski definition) is 2. The van der Waals surface area contributed by atoms with Gasteiger partial charge in [0.25, 0.3) is 0 Å². The minimum Gasteiger partial charge on any atom is -0.299 e. The van der Waals surface area contributed by atoms with Crippen LogP contribution >= 0.6 is 0 Å². The summed E-state index contributed by atoms with van der Waals surface area (Å²) in [5.41, 5.74) is 2.72. The summed E-state index contributed by atoms with van der Waals surface area (Å²) in [7, 11) is -0.296. The van der Waals surface area contributed by atoms with Crippen LogP contribution < -0.4 is 0 Å². The minimum atomic E-state index is -4.67. The Morgan fingerprint density at radius 2 is 1.24 bits per heavy atom. The lowest BCUT2D eigenvalue weighted by atomic mass is 10.1. The van der Waals surface area contributed by atoms with Crippen LogP contribution in [0.2, 0.25) is 0 Å². The molecule has 0 aromatic carbocycles. The molecule has 4 rings (SSSR count). The van der Waals surface area contributed by atoms with Crippen LogP contribution in [0.5, 0.6) is 0 Å². The van der Waals surface area contributed by atoms with Crippen molar-refractivity contribution < 1.29 is 17.5 Å². The summed E-state index contributed by atoms with van der Waals surface area (Å²) in [4.78, 5) is 13.1. The monoisotopic (exact) mass is 422 g/mol. The van der Waals surface area contributed by atoms with Crippen LogP contribution in [-0.4, -0.2) is 64.5 Å². The number of hydrogen-bond acceptors (Lipinski definition) is 6. The van der Waals surface area contributed by atoms with E-state index in [4.69, 9.17) is 17.5 Å². The normalized spacial score (nSPS) is 22.3. The van der Waals surface area contributed by atoms with E-state index in [9.17, 15) is 0 Å². The molecular formula is C20H30N4O4S. The van der Waals surface area contributed by atoms with Crippen LogP contribution in [0.3, 0.4) is 0 Å². The SMILES string of the molecule is CN1CCCC1c1cccnc1.CN1CCCC1c1cccnc1.O=S(=O)(O)O. The fraction of sp³-hybridized carbons (Fsp3) is 0.500. The minimum absolute atomic E-state index is 0.610. The Hall–Kier alpha value is -1.91. The standard InChI is InChI=1S/2C10H14N2.H2O4S/c2*1-12-7-3-5-10(12)9-4-2-6-11-8-9;1-5(2,3)4/h2*2,4,6,8,10H,3,5,7H2,1H3;(H2,1,2,3,4). The zero-order valence-electron chi connectivity index (χ0n) is 16.9. The van der Waals surface area contributed by atoms with Crippen molar-refractivity contribution in [3.63, 3.8) is 0 Å². The third-order valence-corrected chi connectivity index (χ3v) is 5.18. The number of likely N-dealkylation sites (tertiary alicyclic amines) is 2. The fourth-order valence-electron chi connectivity index (χ4n) is 3.81. The van der Waals surface area contributed by atoms with E-state index in [-0.39, 0.29) is 0 Å². The topological polar surface area (TPSA) is 107 Å². The molecule has 2 N–H and O–H groups in total. The Kier molecular flexibility index (Phi) is 9.12. The molecule has 8 nitrogen and oxygen atoms in total. The maximum absolute atomic E-state index is 8.74. The van der Waals surface area contributed by atoms with Crippen LogP contribution in [0.25, 0.3) is 0 Å². The first kappa shape index (κ1) is 23.4. The average Bonchev–Trinajstić information content (AvgIpc) is 3.30. The third-order valence-electron chi connectivity index (χ3n) is 5.18. The molecule has 4 heterocycles. The Balaban J connectivity index is 0.000000170. The van der Waals surface area contributed by atoms with E-state index >= 15 is 0 Å². The number of aromatic nitrogens is 2. The highest BCUT2D eigenvalue weighted by Crippen LogP contribution is 2.30. The van der Waals surface area contributed by atoms with Gasteiger partial charge in [0.1, 0.15) is 0 Å². The van der Waals surface area contributed by atoms with Gasteiger partial charge >= 0.3 is 10.4 Å². The Bertz CT molecular complexity index is 757. The second-order valence-electron chi connectivity index (χ2n) is 7.30. The molecule has 0 amide bonds. The van der Waals surface area contributed by atoms with E-state index in [0.717, 1.165) is 0 Å². The molecule has 29 heavy (non-hydrogen) atoms. The maximum atomic E-state index is 8.74. The number of nitrogens with zero attached hydrogens (tertiary/aromatic N) is 4. The second-order valence-corrected chi connectivity index (χ2v) is 8.19. The van der Waals surface area contributed by atoms with Crippen molar-refractivity contribution in [2.45, 2.75) is 37.8 Å². The summed E-state index contributed by atoms with van der Waals surface area (Å²) in [6, 6.07) is 9.58. The Morgan fingerprint density at radius 3 is 1.48 bits per heavy atom. The zero-order valence-corrected chi connectivity index (χ0v) is 17.7. The zero-order chi connectivity index (χ0) is 21.3. The Morgan fingerprint density at radius 1 is 0.862 bits per heavy atom. The largest absolute Gasteiger partial charge is 0.394 e. The predicted molar refractivity (Wildman–Crippen MR) is 112 cm³/mol. The fourth-order valence-corrected chi connectivity index (χ4v) is 3.81. The van der Waals surface area contributed by atoms with Crippen molar-refractivity contribution in [2.24, 2.45) is 0 Å². The van der Waals surface area contributed by atoms with Gasteiger partial charge in [0.2, 0.25) is 0 Å². The van der Waals surface area contributed by atoms with Crippen molar-refractivity contribution in [3.05, 3.63) is 60.2 Å². The summed E-state index contributed by atoms with van der Waals surface area (Å²) < 4.78 is 31.6. The van der Waals surface area contributed by atoms with Crippen molar-refractivity contribution >= 4 is 10.4 Å². The molecule has 160 valence electrons. The third kappa shape index (κ3) is 8.55. The first-order valence-corrected chi connectivity index (χ1v) is 11.1. The molecule has 2 aliphatic heterocycles. The van der Waals surface area contributed by atoms with Gasteiger partial charge in [-0.1, -0.05) is 12.1 Å². The molecule has 2 unspecified atom stereocenters. The molecule has 2 atom stereocenters. The number of pyridine rings is 2. The van der Waals surface area contributed by atoms with E-state index in [2.05, 4.69) is 46.0 Å². The van der Waals surface area contributed by atoms with Gasteiger partial charge in [0.15, 0.2) is 0 Å². The molecule has 2 aliphatic rings.